The van der Waals surface area contributed by atoms with Crippen LogP contribution in [0.2, 0.25) is 0 Å². The van der Waals surface area contributed by atoms with Crippen LogP contribution in [0, 0.1) is 6.92 Å². The highest BCUT2D eigenvalue weighted by Crippen LogP contribution is 2.29. The Hall–Kier alpha value is -4.71. The average molecular weight is 683 g/mol. The molecule has 1 aliphatic heterocycles. The Balaban J connectivity index is 1.20. The number of carbonyl (C=O) groups excluding carboxylic acids is 3. The van der Waals surface area contributed by atoms with Gasteiger partial charge in [0.2, 0.25) is 5.91 Å². The highest BCUT2D eigenvalue weighted by molar-refractivity contribution is 6.14. The van der Waals surface area contributed by atoms with Gasteiger partial charge in [-0.25, -0.2) is 0 Å². The molecule has 0 spiro atoms. The molecule has 3 N–H and O–H groups in total. The molecule has 2 heterocycles. The number of anilines is 2. The number of carbonyl (C=O) groups is 3. The molecule has 1 aliphatic rings. The molecule has 5 rings (SSSR count). The van der Waals surface area contributed by atoms with Crippen LogP contribution in [-0.4, -0.2) is 98.4 Å². The van der Waals surface area contributed by atoms with Crippen LogP contribution in [0.4, 0.5) is 11.4 Å². The summed E-state index contributed by atoms with van der Waals surface area (Å²) in [5, 5.41) is 6.93. The number of aromatic amines is 1. The second-order valence-electron chi connectivity index (χ2n) is 13.3. The van der Waals surface area contributed by atoms with Crippen molar-refractivity contribution in [2.45, 2.75) is 45.8 Å². The summed E-state index contributed by atoms with van der Waals surface area (Å²) in [7, 11) is 7.65. The first-order valence-electron chi connectivity index (χ1n) is 17.3. The lowest BCUT2D eigenvalue weighted by Crippen LogP contribution is -2.47. The van der Waals surface area contributed by atoms with Crippen LogP contribution in [0.15, 0.2) is 60.8 Å². The number of nitrogens with zero attached hydrogens (tertiary/aromatic N) is 3. The summed E-state index contributed by atoms with van der Waals surface area (Å²) >= 11 is 0. The molecule has 1 aromatic heterocycles. The van der Waals surface area contributed by atoms with Crippen LogP contribution in [0.1, 0.15) is 63.1 Å². The summed E-state index contributed by atoms with van der Waals surface area (Å²) in [6.45, 7) is 6.82. The lowest BCUT2D eigenvalue weighted by Gasteiger charge is -2.32. The molecule has 11 nitrogen and oxygen atoms in total. The van der Waals surface area contributed by atoms with E-state index >= 15 is 0 Å². The van der Waals surface area contributed by atoms with Gasteiger partial charge in [-0.3, -0.25) is 14.4 Å². The van der Waals surface area contributed by atoms with E-state index in [-0.39, 0.29) is 24.3 Å². The molecule has 0 unspecified atom stereocenters. The number of likely N-dealkylation sites (N-methyl/N-ethyl adjacent to an activating group) is 1. The van der Waals surface area contributed by atoms with Gasteiger partial charge in [-0.2, -0.15) is 0 Å². The topological polar surface area (TPSA) is 119 Å². The third kappa shape index (κ3) is 9.50. The molecule has 0 bridgehead atoms. The van der Waals surface area contributed by atoms with Gasteiger partial charge >= 0.3 is 0 Å². The molecule has 0 atom stereocenters. The van der Waals surface area contributed by atoms with E-state index in [1.54, 1.807) is 25.3 Å². The highest BCUT2D eigenvalue weighted by Gasteiger charge is 2.20. The Kier molecular flexibility index (Phi) is 12.6. The van der Waals surface area contributed by atoms with Crippen LogP contribution >= 0.6 is 0 Å². The van der Waals surface area contributed by atoms with Gasteiger partial charge in [0, 0.05) is 85.7 Å². The number of rotatable bonds is 15. The molecule has 11 heteroatoms. The Morgan fingerprint density at radius 1 is 0.880 bits per heavy atom. The van der Waals surface area contributed by atoms with E-state index in [4.69, 9.17) is 9.47 Å². The van der Waals surface area contributed by atoms with Gasteiger partial charge in [-0.15, -0.1) is 0 Å². The second-order valence-corrected chi connectivity index (χ2v) is 13.3. The molecular weight excluding hydrogens is 632 g/mol. The van der Waals surface area contributed by atoms with Gasteiger partial charge in [-0.1, -0.05) is 12.1 Å². The summed E-state index contributed by atoms with van der Waals surface area (Å²) in [6, 6.07) is 16.5. The van der Waals surface area contributed by atoms with E-state index in [0.717, 1.165) is 67.5 Å². The van der Waals surface area contributed by atoms with Gasteiger partial charge in [-0.05, 0) is 101 Å². The normalized spacial score (nSPS) is 13.5. The predicted molar refractivity (Wildman–Crippen MR) is 198 cm³/mol. The minimum absolute atomic E-state index is 0.205. The molecule has 50 heavy (non-hydrogen) atoms. The van der Waals surface area contributed by atoms with Crippen molar-refractivity contribution in [1.29, 1.82) is 0 Å². The van der Waals surface area contributed by atoms with Crippen LogP contribution < -0.4 is 15.4 Å². The fourth-order valence-electron chi connectivity index (χ4n) is 6.23. The number of methoxy groups -OCH3 is 1. The third-order valence-corrected chi connectivity index (χ3v) is 8.97. The van der Waals surface area contributed by atoms with Crippen molar-refractivity contribution in [2.75, 3.05) is 71.7 Å². The average Bonchev–Trinajstić information content (AvgIpc) is 3.50. The molecular formula is C39H50N6O5. The van der Waals surface area contributed by atoms with Gasteiger partial charge in [0.05, 0.1) is 18.9 Å². The van der Waals surface area contributed by atoms with E-state index < -0.39 is 0 Å². The fraction of sp³-hybridized carbons (Fsp3) is 0.410. The quantitative estimate of drug-likeness (QED) is 0.134. The largest absolute Gasteiger partial charge is 0.491 e. The number of fused-ring (bicyclic) bond motifs is 1. The third-order valence-electron chi connectivity index (χ3n) is 8.97. The first-order chi connectivity index (χ1) is 24.1. The molecule has 3 aromatic carbocycles. The molecule has 0 aliphatic carbocycles. The maximum atomic E-state index is 13.6. The Morgan fingerprint density at radius 3 is 2.40 bits per heavy atom. The minimum Gasteiger partial charge on any atom is -0.491 e. The lowest BCUT2D eigenvalue weighted by molar-refractivity contribution is -0.132. The number of ether oxygens (including phenoxy) is 2. The monoisotopic (exact) mass is 682 g/mol. The molecule has 0 radical (unpaired) electrons. The summed E-state index contributed by atoms with van der Waals surface area (Å²) in [5.41, 5.74) is 5.75. The van der Waals surface area contributed by atoms with Crippen molar-refractivity contribution in [3.63, 3.8) is 0 Å². The second kappa shape index (κ2) is 17.3. The van der Waals surface area contributed by atoms with Crippen LogP contribution in [0.5, 0.6) is 5.75 Å². The number of piperazine rings is 1. The van der Waals surface area contributed by atoms with Crippen molar-refractivity contribution in [1.82, 2.24) is 19.7 Å². The van der Waals surface area contributed by atoms with Crippen molar-refractivity contribution >= 4 is 40.0 Å². The van der Waals surface area contributed by atoms with Crippen molar-refractivity contribution < 1.29 is 23.9 Å². The maximum Gasteiger partial charge on any atom is 0.256 e. The predicted octanol–water partition coefficient (Wildman–Crippen LogP) is 5.90. The summed E-state index contributed by atoms with van der Waals surface area (Å²) in [5.74, 6) is 0.283. The Labute approximate surface area is 294 Å². The SMILES string of the molecule is COCc1cc(C(=O)Nc2ccc(C)cc2OCCCCCC(=O)N2CCN(C)CC2)ccc1NC(=O)c1cccc2[nH]cc(CN(C)C)c12. The molecule has 1 saturated heterocycles. The summed E-state index contributed by atoms with van der Waals surface area (Å²) in [6.07, 6.45) is 5.02. The van der Waals surface area contributed by atoms with E-state index in [2.05, 4.69) is 32.5 Å². The van der Waals surface area contributed by atoms with E-state index in [1.807, 2.05) is 68.5 Å². The van der Waals surface area contributed by atoms with Crippen molar-refractivity contribution in [3.05, 3.63) is 88.6 Å². The maximum absolute atomic E-state index is 13.6. The number of aryl methyl sites for hydroxylation is 1. The Morgan fingerprint density at radius 2 is 1.64 bits per heavy atom. The zero-order chi connectivity index (χ0) is 35.6. The summed E-state index contributed by atoms with van der Waals surface area (Å²) in [4.78, 5) is 49.2. The smallest absolute Gasteiger partial charge is 0.256 e. The number of unbranched alkanes of at least 4 members (excludes halogenated alkanes) is 2. The molecule has 0 saturated carbocycles. The minimum atomic E-state index is -0.304. The number of aromatic nitrogens is 1. The lowest BCUT2D eigenvalue weighted by atomic mass is 10.0. The number of hydrogen-bond acceptors (Lipinski definition) is 7. The number of benzene rings is 3. The number of H-pyrrole nitrogens is 1. The Bertz CT molecular complexity index is 1790. The molecule has 266 valence electrons. The molecule has 3 amide bonds. The first-order valence-corrected chi connectivity index (χ1v) is 17.3. The van der Waals surface area contributed by atoms with Crippen LogP contribution in [-0.2, 0) is 22.7 Å². The molecule has 4 aromatic rings. The zero-order valence-electron chi connectivity index (χ0n) is 29.9. The highest BCUT2D eigenvalue weighted by atomic mass is 16.5. The van der Waals surface area contributed by atoms with Crippen molar-refractivity contribution in [3.8, 4) is 5.75 Å². The van der Waals surface area contributed by atoms with E-state index in [0.29, 0.717) is 53.4 Å². The van der Waals surface area contributed by atoms with E-state index in [9.17, 15) is 14.4 Å². The van der Waals surface area contributed by atoms with Crippen LogP contribution in [0.3, 0.4) is 0 Å². The summed E-state index contributed by atoms with van der Waals surface area (Å²) < 4.78 is 11.6. The van der Waals surface area contributed by atoms with Gasteiger partial charge < -0.3 is 39.8 Å². The van der Waals surface area contributed by atoms with Crippen LogP contribution in [0.25, 0.3) is 10.9 Å². The number of amides is 3. The number of hydrogen-bond donors (Lipinski definition) is 3. The van der Waals surface area contributed by atoms with Gasteiger partial charge in [0.1, 0.15) is 5.75 Å². The van der Waals surface area contributed by atoms with Crippen molar-refractivity contribution in [2.24, 2.45) is 0 Å². The van der Waals surface area contributed by atoms with E-state index in [1.165, 1.54) is 0 Å². The molecule has 1 fully saturated rings. The standard InChI is InChI=1S/C39H50N6O5/c1-27-13-15-33(35(22-27)50-21-8-6-7-12-36(46)45-19-17-44(4)18-20-45)42-38(47)28-14-16-32(29(23-28)26-49-5)41-39(48)31-10-9-11-34-37(31)30(24-40-34)25-43(2)3/h9-11,13-16,22-24,40H,6-8,12,17-21,25-26H2,1-5H3,(H,41,48)(H,42,47). The van der Waals surface area contributed by atoms with Gasteiger partial charge in [0.15, 0.2) is 0 Å². The zero-order valence-corrected chi connectivity index (χ0v) is 29.9. The van der Waals surface area contributed by atoms with Gasteiger partial charge in [0.25, 0.3) is 11.8 Å². The first kappa shape index (κ1) is 36.6. The fourth-order valence-corrected chi connectivity index (χ4v) is 6.23. The number of nitrogens with one attached hydrogen (secondary N) is 3.